The van der Waals surface area contributed by atoms with E-state index in [4.69, 9.17) is 15.0 Å². The molecule has 8 nitrogen and oxygen atoms in total. The van der Waals surface area contributed by atoms with E-state index in [1.165, 1.54) is 0 Å². The number of rotatable bonds is 9. The number of hydrogen-bond acceptors (Lipinski definition) is 5. The highest BCUT2D eigenvalue weighted by atomic mass is 16.6. The van der Waals surface area contributed by atoms with Crippen LogP contribution >= 0.6 is 0 Å². The molecule has 1 fully saturated rings. The molecule has 150 valence electrons. The van der Waals surface area contributed by atoms with Gasteiger partial charge in [0.25, 0.3) is 0 Å². The molecular formula is C21H22N4O4. The monoisotopic (exact) mass is 394 g/mol. The van der Waals surface area contributed by atoms with Gasteiger partial charge in [-0.3, -0.25) is 4.79 Å². The summed E-state index contributed by atoms with van der Waals surface area (Å²) >= 11 is 0. The third-order valence-electron chi connectivity index (χ3n) is 4.64. The second-order valence-corrected chi connectivity index (χ2v) is 6.68. The molecule has 2 aromatic carbocycles. The Balaban J connectivity index is 1.60. The summed E-state index contributed by atoms with van der Waals surface area (Å²) in [7, 11) is 0. The topological polar surface area (TPSA) is 105 Å². The van der Waals surface area contributed by atoms with Gasteiger partial charge in [0.2, 0.25) is 5.91 Å². The van der Waals surface area contributed by atoms with Crippen LogP contribution in [0.2, 0.25) is 0 Å². The summed E-state index contributed by atoms with van der Waals surface area (Å²) in [5.41, 5.74) is 10.9. The van der Waals surface area contributed by atoms with E-state index in [9.17, 15) is 9.59 Å². The van der Waals surface area contributed by atoms with Crippen LogP contribution in [-0.2, 0) is 27.3 Å². The van der Waals surface area contributed by atoms with E-state index in [1.807, 2.05) is 60.7 Å². The molecule has 29 heavy (non-hydrogen) atoms. The molecule has 0 spiro atoms. The molecule has 1 unspecified atom stereocenters. The first-order chi connectivity index (χ1) is 14.2. The SMILES string of the molecule is [N-]=[N+]=NC(CCOCc1ccccc1)C(=O)N1C(=O)OC[C@@H]1Cc1ccccc1. The van der Waals surface area contributed by atoms with Crippen molar-refractivity contribution in [2.24, 2.45) is 5.11 Å². The van der Waals surface area contributed by atoms with Gasteiger partial charge in [0.15, 0.2) is 0 Å². The molecule has 1 saturated heterocycles. The van der Waals surface area contributed by atoms with Crippen molar-refractivity contribution in [2.45, 2.75) is 31.5 Å². The van der Waals surface area contributed by atoms with Gasteiger partial charge in [0.1, 0.15) is 12.6 Å². The first-order valence-corrected chi connectivity index (χ1v) is 9.38. The van der Waals surface area contributed by atoms with E-state index < -0.39 is 24.1 Å². The lowest BCUT2D eigenvalue weighted by molar-refractivity contribution is -0.131. The molecule has 2 amide bonds. The molecule has 1 heterocycles. The zero-order valence-electron chi connectivity index (χ0n) is 15.9. The molecule has 0 N–H and O–H groups in total. The van der Waals surface area contributed by atoms with Gasteiger partial charge in [-0.05, 0) is 29.5 Å². The average Bonchev–Trinajstić information content (AvgIpc) is 3.11. The van der Waals surface area contributed by atoms with E-state index in [2.05, 4.69) is 10.0 Å². The van der Waals surface area contributed by atoms with Gasteiger partial charge >= 0.3 is 6.09 Å². The molecule has 2 aromatic rings. The summed E-state index contributed by atoms with van der Waals surface area (Å²) < 4.78 is 10.7. The molecule has 0 bridgehead atoms. The fourth-order valence-corrected chi connectivity index (χ4v) is 3.18. The van der Waals surface area contributed by atoms with Crippen LogP contribution in [0.1, 0.15) is 17.5 Å². The van der Waals surface area contributed by atoms with Crippen LogP contribution in [0.4, 0.5) is 4.79 Å². The number of amides is 2. The Bertz CT molecular complexity index is 869. The lowest BCUT2D eigenvalue weighted by atomic mass is 10.0. The number of carbonyl (C=O) groups is 2. The molecule has 0 saturated carbocycles. The molecule has 1 aliphatic rings. The minimum atomic E-state index is -1.03. The van der Waals surface area contributed by atoms with Gasteiger partial charge in [-0.25, -0.2) is 9.69 Å². The van der Waals surface area contributed by atoms with E-state index >= 15 is 0 Å². The van der Waals surface area contributed by atoms with Crippen LogP contribution in [0.15, 0.2) is 65.8 Å². The summed E-state index contributed by atoms with van der Waals surface area (Å²) in [4.78, 5) is 28.9. The van der Waals surface area contributed by atoms with Gasteiger partial charge in [-0.2, -0.15) is 0 Å². The summed E-state index contributed by atoms with van der Waals surface area (Å²) in [6.45, 7) is 0.726. The second-order valence-electron chi connectivity index (χ2n) is 6.68. The number of ether oxygens (including phenoxy) is 2. The first-order valence-electron chi connectivity index (χ1n) is 9.38. The largest absolute Gasteiger partial charge is 0.447 e. The Morgan fingerprint density at radius 2 is 1.83 bits per heavy atom. The Kier molecular flexibility index (Phi) is 7.22. The van der Waals surface area contributed by atoms with Crippen LogP contribution in [0.3, 0.4) is 0 Å². The molecule has 3 rings (SSSR count). The quantitative estimate of drug-likeness (QED) is 0.279. The van der Waals surface area contributed by atoms with Crippen LogP contribution in [0.25, 0.3) is 10.4 Å². The molecule has 0 radical (unpaired) electrons. The Hall–Kier alpha value is -3.35. The van der Waals surface area contributed by atoms with E-state index in [0.29, 0.717) is 13.0 Å². The van der Waals surface area contributed by atoms with Crippen molar-refractivity contribution in [3.63, 3.8) is 0 Å². The molecular weight excluding hydrogens is 372 g/mol. The summed E-state index contributed by atoms with van der Waals surface area (Å²) in [6, 6.07) is 17.7. The van der Waals surface area contributed by atoms with Crippen molar-refractivity contribution in [1.82, 2.24) is 4.90 Å². The number of benzene rings is 2. The molecule has 0 aromatic heterocycles. The van der Waals surface area contributed by atoms with Gasteiger partial charge in [-0.1, -0.05) is 65.8 Å². The van der Waals surface area contributed by atoms with E-state index in [1.54, 1.807) is 0 Å². The summed E-state index contributed by atoms with van der Waals surface area (Å²) in [5, 5.41) is 3.59. The highest BCUT2D eigenvalue weighted by molar-refractivity contribution is 5.96. The lowest BCUT2D eigenvalue weighted by Crippen LogP contribution is -2.45. The summed E-state index contributed by atoms with van der Waals surface area (Å²) in [6.07, 6.45) is -0.0529. The fraction of sp³-hybridized carbons (Fsp3) is 0.333. The highest BCUT2D eigenvalue weighted by Gasteiger charge is 2.40. The van der Waals surface area contributed by atoms with E-state index in [0.717, 1.165) is 16.0 Å². The number of cyclic esters (lactones) is 1. The maximum Gasteiger partial charge on any atom is 0.416 e. The number of hydrogen-bond donors (Lipinski definition) is 0. The van der Waals surface area contributed by atoms with Gasteiger partial charge in [0, 0.05) is 11.5 Å². The van der Waals surface area contributed by atoms with Crippen molar-refractivity contribution in [2.75, 3.05) is 13.2 Å². The van der Waals surface area contributed by atoms with Crippen molar-refractivity contribution in [3.05, 3.63) is 82.2 Å². The van der Waals surface area contributed by atoms with Crippen molar-refractivity contribution < 1.29 is 19.1 Å². The normalized spacial score (nSPS) is 16.8. The summed E-state index contributed by atoms with van der Waals surface area (Å²) in [5.74, 6) is -0.561. The standard InChI is InChI=1S/C21H22N4O4/c22-24-23-19(11-12-28-14-17-9-5-2-6-10-17)20(26)25-18(15-29-21(25)27)13-16-7-3-1-4-8-16/h1-10,18-19H,11-15H2/t18-,19?/m0/s1. The van der Waals surface area contributed by atoms with Crippen LogP contribution < -0.4 is 0 Å². The third-order valence-corrected chi connectivity index (χ3v) is 4.64. The minimum Gasteiger partial charge on any atom is -0.447 e. The van der Waals surface area contributed by atoms with Crippen LogP contribution in [0.5, 0.6) is 0 Å². The number of nitrogens with zero attached hydrogens (tertiary/aromatic N) is 4. The number of azide groups is 1. The molecule has 2 atom stereocenters. The zero-order chi connectivity index (χ0) is 20.5. The van der Waals surface area contributed by atoms with E-state index in [-0.39, 0.29) is 19.6 Å². The molecule has 0 aliphatic carbocycles. The smallest absolute Gasteiger partial charge is 0.416 e. The van der Waals surface area contributed by atoms with Gasteiger partial charge in [0.05, 0.1) is 12.6 Å². The van der Waals surface area contributed by atoms with Gasteiger partial charge < -0.3 is 9.47 Å². The van der Waals surface area contributed by atoms with Gasteiger partial charge in [-0.15, -0.1) is 0 Å². The second kappa shape index (κ2) is 10.3. The third kappa shape index (κ3) is 5.57. The van der Waals surface area contributed by atoms with Crippen molar-refractivity contribution in [3.8, 4) is 0 Å². The number of imide groups is 1. The maximum atomic E-state index is 12.9. The maximum absolute atomic E-state index is 12.9. The van der Waals surface area contributed by atoms with Crippen LogP contribution in [-0.4, -0.2) is 42.2 Å². The lowest BCUT2D eigenvalue weighted by Gasteiger charge is -2.22. The van der Waals surface area contributed by atoms with Crippen LogP contribution in [0, 0.1) is 0 Å². The van der Waals surface area contributed by atoms with Crippen molar-refractivity contribution in [1.29, 1.82) is 0 Å². The fourth-order valence-electron chi connectivity index (χ4n) is 3.18. The van der Waals surface area contributed by atoms with Crippen molar-refractivity contribution >= 4 is 12.0 Å². The average molecular weight is 394 g/mol. The predicted molar refractivity (Wildman–Crippen MR) is 106 cm³/mol. The minimum absolute atomic E-state index is 0.118. The number of carbonyl (C=O) groups excluding carboxylic acids is 2. The first kappa shape index (κ1) is 20.4. The molecule has 1 aliphatic heterocycles. The Morgan fingerprint density at radius 1 is 1.17 bits per heavy atom. The Morgan fingerprint density at radius 3 is 2.48 bits per heavy atom. The molecule has 8 heteroatoms. The zero-order valence-corrected chi connectivity index (χ0v) is 15.9. The predicted octanol–water partition coefficient (Wildman–Crippen LogP) is 3.86. The Labute approximate surface area is 168 Å². The highest BCUT2D eigenvalue weighted by Crippen LogP contribution is 2.20.